The van der Waals surface area contributed by atoms with Gasteiger partial charge in [0.05, 0.1) is 17.1 Å². The number of aryl methyl sites for hydroxylation is 3. The zero-order chi connectivity index (χ0) is 21.4. The number of nitrogens with one attached hydrogen (secondary N) is 1. The van der Waals surface area contributed by atoms with Gasteiger partial charge in [0.1, 0.15) is 17.1 Å². The average molecular weight is 423 g/mol. The van der Waals surface area contributed by atoms with Crippen molar-refractivity contribution < 1.29 is 9.52 Å². The summed E-state index contributed by atoms with van der Waals surface area (Å²) in [6.07, 6.45) is 0. The van der Waals surface area contributed by atoms with Gasteiger partial charge in [0, 0.05) is 11.4 Å². The molecule has 0 saturated heterocycles. The van der Waals surface area contributed by atoms with Crippen LogP contribution >= 0.6 is 11.3 Å². The minimum Gasteiger partial charge on any atom is -0.507 e. The predicted octanol–water partition coefficient (Wildman–Crippen LogP) is 4.29. The third-order valence-electron chi connectivity index (χ3n) is 4.41. The van der Waals surface area contributed by atoms with Gasteiger partial charge in [-0.3, -0.25) is 9.89 Å². The Kier molecular flexibility index (Phi) is 4.92. The van der Waals surface area contributed by atoms with E-state index in [4.69, 9.17) is 4.42 Å². The van der Waals surface area contributed by atoms with Crippen molar-refractivity contribution in [2.45, 2.75) is 20.8 Å². The quantitative estimate of drug-likeness (QED) is 0.474. The van der Waals surface area contributed by atoms with E-state index in [0.717, 1.165) is 16.9 Å². The Hall–Kier alpha value is -3.79. The summed E-state index contributed by atoms with van der Waals surface area (Å²) in [6.45, 7) is 5.18. The molecule has 0 saturated carbocycles. The smallest absolute Gasteiger partial charge is 0.349 e. The molecule has 0 spiro atoms. The fourth-order valence-corrected chi connectivity index (χ4v) is 3.66. The van der Waals surface area contributed by atoms with Crippen molar-refractivity contribution in [1.82, 2.24) is 14.8 Å². The number of rotatable bonds is 4. The summed E-state index contributed by atoms with van der Waals surface area (Å²) in [7, 11) is 0. The topological polar surface area (TPSA) is 126 Å². The van der Waals surface area contributed by atoms with Crippen LogP contribution in [0.1, 0.15) is 17.0 Å². The molecule has 10 heteroatoms. The average Bonchev–Trinajstić information content (AvgIpc) is 3.26. The van der Waals surface area contributed by atoms with E-state index in [1.54, 1.807) is 19.2 Å². The van der Waals surface area contributed by atoms with Crippen molar-refractivity contribution >= 4 is 22.7 Å². The zero-order valence-electron chi connectivity index (χ0n) is 16.3. The summed E-state index contributed by atoms with van der Waals surface area (Å²) >= 11 is 1.13. The van der Waals surface area contributed by atoms with Crippen molar-refractivity contribution in [3.63, 3.8) is 0 Å². The number of aromatic nitrogens is 3. The van der Waals surface area contributed by atoms with E-state index in [0.29, 0.717) is 11.4 Å². The highest BCUT2D eigenvalue weighted by atomic mass is 32.1. The molecule has 4 aromatic rings. The van der Waals surface area contributed by atoms with Gasteiger partial charge in [-0.25, -0.2) is 9.78 Å². The number of hydrogen-bond donors (Lipinski definition) is 2. The largest absolute Gasteiger partial charge is 0.507 e. The van der Waals surface area contributed by atoms with E-state index in [-0.39, 0.29) is 33.6 Å². The first-order chi connectivity index (χ1) is 14.3. The Morgan fingerprint density at radius 1 is 1.17 bits per heavy atom. The van der Waals surface area contributed by atoms with Crippen molar-refractivity contribution in [2.75, 3.05) is 0 Å². The summed E-state index contributed by atoms with van der Waals surface area (Å²) in [5, 5.41) is 23.2. The summed E-state index contributed by atoms with van der Waals surface area (Å²) < 4.78 is 6.26. The zero-order valence-corrected chi connectivity index (χ0v) is 17.1. The highest BCUT2D eigenvalue weighted by Crippen LogP contribution is 2.29. The normalized spacial score (nSPS) is 11.4. The number of nitrogens with zero attached hydrogens (tertiary/aromatic N) is 4. The third-order valence-corrected chi connectivity index (χ3v) is 5.23. The lowest BCUT2D eigenvalue weighted by Gasteiger charge is -2.00. The number of H-pyrrole nitrogens is 1. The van der Waals surface area contributed by atoms with Gasteiger partial charge in [0.25, 0.3) is 0 Å². The first-order valence-electron chi connectivity index (χ1n) is 8.94. The van der Waals surface area contributed by atoms with Crippen LogP contribution in [0.15, 0.2) is 59.9 Å². The second-order valence-electron chi connectivity index (χ2n) is 6.63. The molecule has 0 unspecified atom stereocenters. The molecule has 0 radical (unpaired) electrons. The molecule has 30 heavy (non-hydrogen) atoms. The maximum atomic E-state index is 12.8. The fraction of sp³-hybridized carbons (Fsp3) is 0.150. The second kappa shape index (κ2) is 7.56. The van der Waals surface area contributed by atoms with E-state index in [9.17, 15) is 14.7 Å². The number of thiazole rings is 1. The van der Waals surface area contributed by atoms with Gasteiger partial charge in [-0.05, 0) is 32.4 Å². The summed E-state index contributed by atoms with van der Waals surface area (Å²) in [5.74, 6) is 0.0555. The molecule has 4 rings (SSSR count). The lowest BCUT2D eigenvalue weighted by atomic mass is 10.2. The molecule has 9 nitrogen and oxygen atoms in total. The Morgan fingerprint density at radius 2 is 1.93 bits per heavy atom. The molecule has 3 aromatic heterocycles. The first-order valence-corrected chi connectivity index (χ1v) is 9.82. The van der Waals surface area contributed by atoms with Gasteiger partial charge < -0.3 is 9.52 Å². The maximum absolute atomic E-state index is 12.8. The standard InChI is InChI=1S/C20H17N5O4S/c1-10-6-4-5-7-13(10)22-23-17-12(3)24-25(18(17)27)20-21-14(9-30-20)16-15(26)8-11(2)29-19(16)28/h4-9,24,26H,1-3H3. The molecule has 1 aromatic carbocycles. The molecule has 0 atom stereocenters. The van der Waals surface area contributed by atoms with Crippen molar-refractivity contribution in [2.24, 2.45) is 10.2 Å². The van der Waals surface area contributed by atoms with Gasteiger partial charge in [-0.1, -0.05) is 18.2 Å². The van der Waals surface area contributed by atoms with Gasteiger partial charge in [-0.15, -0.1) is 16.5 Å². The van der Waals surface area contributed by atoms with E-state index in [2.05, 4.69) is 20.3 Å². The van der Waals surface area contributed by atoms with Crippen LogP contribution in [0.3, 0.4) is 0 Å². The minimum absolute atomic E-state index is 0.0566. The van der Waals surface area contributed by atoms with E-state index in [1.807, 2.05) is 31.2 Å². The molecule has 152 valence electrons. The van der Waals surface area contributed by atoms with Crippen LogP contribution in [0.5, 0.6) is 5.75 Å². The fourth-order valence-electron chi connectivity index (χ4n) is 2.88. The first kappa shape index (κ1) is 19.5. The van der Waals surface area contributed by atoms with Crippen molar-refractivity contribution in [3.05, 3.63) is 73.5 Å². The van der Waals surface area contributed by atoms with E-state index in [1.165, 1.54) is 10.7 Å². The van der Waals surface area contributed by atoms with E-state index >= 15 is 0 Å². The Balaban J connectivity index is 1.72. The maximum Gasteiger partial charge on any atom is 0.349 e. The van der Waals surface area contributed by atoms with Gasteiger partial charge in [0.2, 0.25) is 5.13 Å². The number of aromatic amines is 1. The summed E-state index contributed by atoms with van der Waals surface area (Å²) in [6, 6.07) is 8.80. The number of azo groups is 1. The van der Waals surface area contributed by atoms with Crippen LogP contribution in [-0.2, 0) is 0 Å². The Bertz CT molecular complexity index is 1390. The molecule has 3 heterocycles. The Morgan fingerprint density at radius 3 is 2.67 bits per heavy atom. The van der Waals surface area contributed by atoms with Crippen LogP contribution < -0.4 is 11.2 Å². The monoisotopic (exact) mass is 423 g/mol. The SMILES string of the molecule is Cc1cc(O)c(-c2csc(-n3[nH]c(C)c(N=Nc4ccccc4C)c3=O)n2)c(=O)o1. The number of aromatic hydroxyl groups is 1. The molecule has 0 aliphatic heterocycles. The summed E-state index contributed by atoms with van der Waals surface area (Å²) in [5.41, 5.74) is 1.32. The molecule has 0 bridgehead atoms. The van der Waals surface area contributed by atoms with Crippen LogP contribution in [0.4, 0.5) is 11.4 Å². The summed E-state index contributed by atoms with van der Waals surface area (Å²) in [4.78, 5) is 29.3. The molecular formula is C20H17N5O4S. The molecule has 2 N–H and O–H groups in total. The highest BCUT2D eigenvalue weighted by molar-refractivity contribution is 7.12. The van der Waals surface area contributed by atoms with Crippen LogP contribution in [0.2, 0.25) is 0 Å². The van der Waals surface area contributed by atoms with Crippen LogP contribution in [-0.4, -0.2) is 19.9 Å². The minimum atomic E-state index is -0.702. The van der Waals surface area contributed by atoms with Gasteiger partial charge >= 0.3 is 11.2 Å². The van der Waals surface area contributed by atoms with Crippen LogP contribution in [0.25, 0.3) is 16.4 Å². The van der Waals surface area contributed by atoms with Gasteiger partial charge in [0.15, 0.2) is 5.69 Å². The molecule has 0 aliphatic rings. The number of hydrogen-bond acceptors (Lipinski definition) is 8. The molecule has 0 amide bonds. The van der Waals surface area contributed by atoms with Gasteiger partial charge in [-0.2, -0.15) is 9.80 Å². The molecule has 0 fully saturated rings. The lowest BCUT2D eigenvalue weighted by Crippen LogP contribution is -2.14. The number of benzene rings is 1. The van der Waals surface area contributed by atoms with Crippen molar-refractivity contribution in [1.29, 1.82) is 0 Å². The Labute approximate surface area is 174 Å². The lowest BCUT2D eigenvalue weighted by molar-refractivity contribution is 0.438. The third kappa shape index (κ3) is 3.48. The second-order valence-corrected chi connectivity index (χ2v) is 7.47. The predicted molar refractivity (Wildman–Crippen MR) is 113 cm³/mol. The van der Waals surface area contributed by atoms with Crippen molar-refractivity contribution in [3.8, 4) is 22.1 Å². The molecule has 0 aliphatic carbocycles. The van der Waals surface area contributed by atoms with Crippen LogP contribution in [0, 0.1) is 20.8 Å². The van der Waals surface area contributed by atoms with E-state index < -0.39 is 11.2 Å². The molecular weight excluding hydrogens is 406 g/mol. The highest BCUT2D eigenvalue weighted by Gasteiger charge is 2.19.